The molecule has 1 aliphatic carbocycles. The van der Waals surface area contributed by atoms with Gasteiger partial charge in [-0.1, -0.05) is 19.3 Å². The molecule has 0 aromatic heterocycles. The summed E-state index contributed by atoms with van der Waals surface area (Å²) in [5.41, 5.74) is 0. The van der Waals surface area contributed by atoms with E-state index in [1.165, 1.54) is 6.42 Å². The molecule has 1 unspecified atom stereocenters. The van der Waals surface area contributed by atoms with Crippen molar-refractivity contribution in [3.63, 3.8) is 0 Å². The van der Waals surface area contributed by atoms with E-state index in [2.05, 4.69) is 5.32 Å². The van der Waals surface area contributed by atoms with Crippen molar-refractivity contribution in [1.82, 2.24) is 10.2 Å². The highest BCUT2D eigenvalue weighted by atomic mass is 32.2. The Morgan fingerprint density at radius 2 is 2.05 bits per heavy atom. The Morgan fingerprint density at radius 3 is 2.76 bits per heavy atom. The smallest absolute Gasteiger partial charge is 0.243 e. The summed E-state index contributed by atoms with van der Waals surface area (Å²) in [6.45, 7) is 1.25. The second-order valence-corrected chi connectivity index (χ2v) is 6.80. The highest BCUT2D eigenvalue weighted by Crippen LogP contribution is 2.29. The summed E-state index contributed by atoms with van der Waals surface area (Å²) in [6, 6.07) is -0.285. The predicted molar refractivity (Wildman–Crippen MR) is 84.0 cm³/mol. The molecule has 5 nitrogen and oxygen atoms in total. The number of hydrogen-bond donors (Lipinski definition) is 1. The second-order valence-electron chi connectivity index (χ2n) is 5.80. The zero-order valence-corrected chi connectivity index (χ0v) is 13.6. The Bertz CT molecular complexity index is 359. The number of thioether (sulfide) groups is 1. The molecule has 1 N–H and O–H groups in total. The molecule has 1 atom stereocenters. The standard InChI is InChI=1S/C15H26N2O3S/c1-20-9-5-8-16-14(18)13-10-21-11-17(13)15(19)12-6-3-2-4-7-12/h12-13H,2-11H2,1H3,(H,16,18). The monoisotopic (exact) mass is 314 g/mol. The van der Waals surface area contributed by atoms with E-state index in [9.17, 15) is 9.59 Å². The number of methoxy groups -OCH3 is 1. The third-order valence-corrected chi connectivity index (χ3v) is 5.26. The van der Waals surface area contributed by atoms with E-state index < -0.39 is 0 Å². The number of ether oxygens (including phenoxy) is 1. The molecule has 1 saturated heterocycles. The Morgan fingerprint density at radius 1 is 1.29 bits per heavy atom. The van der Waals surface area contributed by atoms with Gasteiger partial charge in [-0.2, -0.15) is 0 Å². The lowest BCUT2D eigenvalue weighted by Gasteiger charge is -2.29. The van der Waals surface area contributed by atoms with Gasteiger partial charge in [-0.15, -0.1) is 11.8 Å². The van der Waals surface area contributed by atoms with Gasteiger partial charge in [0.15, 0.2) is 0 Å². The molecule has 0 radical (unpaired) electrons. The molecule has 1 heterocycles. The van der Waals surface area contributed by atoms with Crippen LogP contribution in [0, 0.1) is 5.92 Å². The molecule has 0 bridgehead atoms. The van der Waals surface area contributed by atoms with Crippen LogP contribution in [0.2, 0.25) is 0 Å². The number of nitrogens with one attached hydrogen (secondary N) is 1. The lowest BCUT2D eigenvalue weighted by Crippen LogP contribution is -2.49. The molecule has 2 rings (SSSR count). The summed E-state index contributed by atoms with van der Waals surface area (Å²) in [5, 5.41) is 2.92. The second kappa shape index (κ2) is 8.63. The zero-order chi connectivity index (χ0) is 15.1. The Balaban J connectivity index is 1.83. The van der Waals surface area contributed by atoms with Crippen LogP contribution in [0.15, 0.2) is 0 Å². The van der Waals surface area contributed by atoms with Crippen LogP contribution >= 0.6 is 11.8 Å². The molecule has 2 aliphatic rings. The average molecular weight is 314 g/mol. The summed E-state index contributed by atoms with van der Waals surface area (Å²) in [5.74, 6) is 1.69. The van der Waals surface area contributed by atoms with Gasteiger partial charge in [0, 0.05) is 31.9 Å². The maximum Gasteiger partial charge on any atom is 0.243 e. The minimum absolute atomic E-state index is 0.0136. The third-order valence-electron chi connectivity index (χ3n) is 4.25. The predicted octanol–water partition coefficient (Wildman–Crippen LogP) is 1.62. The normalized spacial score (nSPS) is 23.3. The van der Waals surface area contributed by atoms with Crippen LogP contribution in [-0.4, -0.2) is 54.6 Å². The largest absolute Gasteiger partial charge is 0.385 e. The SMILES string of the molecule is COCCCNC(=O)C1CSCN1C(=O)C1CCCCC1. The van der Waals surface area contributed by atoms with Crippen molar-refractivity contribution in [3.05, 3.63) is 0 Å². The van der Waals surface area contributed by atoms with Gasteiger partial charge in [0.1, 0.15) is 6.04 Å². The van der Waals surface area contributed by atoms with Crippen molar-refractivity contribution in [2.75, 3.05) is 31.9 Å². The van der Waals surface area contributed by atoms with Gasteiger partial charge in [-0.05, 0) is 19.3 Å². The van der Waals surface area contributed by atoms with Crippen LogP contribution in [0.1, 0.15) is 38.5 Å². The molecule has 21 heavy (non-hydrogen) atoms. The van der Waals surface area contributed by atoms with E-state index >= 15 is 0 Å². The first-order valence-corrected chi connectivity index (χ1v) is 9.04. The number of amides is 2. The fourth-order valence-corrected chi connectivity index (χ4v) is 4.17. The van der Waals surface area contributed by atoms with Gasteiger partial charge in [0.2, 0.25) is 11.8 Å². The summed E-state index contributed by atoms with van der Waals surface area (Å²) < 4.78 is 4.97. The number of rotatable bonds is 6. The van der Waals surface area contributed by atoms with E-state index in [-0.39, 0.29) is 23.8 Å². The Hall–Kier alpha value is -0.750. The third kappa shape index (κ3) is 4.61. The summed E-state index contributed by atoms with van der Waals surface area (Å²) in [4.78, 5) is 26.6. The van der Waals surface area contributed by atoms with Gasteiger partial charge >= 0.3 is 0 Å². The molecule has 2 amide bonds. The van der Waals surface area contributed by atoms with Gasteiger partial charge < -0.3 is 15.0 Å². The highest BCUT2D eigenvalue weighted by Gasteiger charge is 2.37. The van der Waals surface area contributed by atoms with Gasteiger partial charge in [0.25, 0.3) is 0 Å². The Labute approximate surface area is 131 Å². The molecule has 0 aromatic rings. The highest BCUT2D eigenvalue weighted by molar-refractivity contribution is 7.99. The number of carbonyl (C=O) groups excluding carboxylic acids is 2. The molecular weight excluding hydrogens is 288 g/mol. The van der Waals surface area contributed by atoms with E-state index in [0.29, 0.717) is 24.8 Å². The van der Waals surface area contributed by atoms with Crippen LogP contribution in [0.25, 0.3) is 0 Å². The number of nitrogens with zero attached hydrogens (tertiary/aromatic N) is 1. The number of hydrogen-bond acceptors (Lipinski definition) is 4. The van der Waals surface area contributed by atoms with Crippen LogP contribution in [0.4, 0.5) is 0 Å². The maximum atomic E-state index is 12.6. The minimum Gasteiger partial charge on any atom is -0.385 e. The van der Waals surface area contributed by atoms with Gasteiger partial charge in [-0.25, -0.2) is 0 Å². The van der Waals surface area contributed by atoms with E-state index in [1.807, 2.05) is 0 Å². The molecule has 6 heteroatoms. The van der Waals surface area contributed by atoms with Crippen LogP contribution in [-0.2, 0) is 14.3 Å². The number of carbonyl (C=O) groups is 2. The maximum absolute atomic E-state index is 12.6. The molecule has 0 spiro atoms. The summed E-state index contributed by atoms with van der Waals surface area (Å²) in [6.07, 6.45) is 6.31. The molecule has 120 valence electrons. The first kappa shape index (κ1) is 16.6. The van der Waals surface area contributed by atoms with E-state index in [1.54, 1.807) is 23.8 Å². The summed E-state index contributed by atoms with van der Waals surface area (Å²) in [7, 11) is 1.65. The van der Waals surface area contributed by atoms with Crippen molar-refractivity contribution in [1.29, 1.82) is 0 Å². The van der Waals surface area contributed by atoms with Gasteiger partial charge in [-0.3, -0.25) is 9.59 Å². The summed E-state index contributed by atoms with van der Waals surface area (Å²) >= 11 is 1.67. The molecule has 1 aliphatic heterocycles. The van der Waals surface area contributed by atoms with E-state index in [4.69, 9.17) is 4.74 Å². The van der Waals surface area contributed by atoms with Crippen molar-refractivity contribution in [2.24, 2.45) is 5.92 Å². The Kier molecular flexibility index (Phi) is 6.83. The zero-order valence-electron chi connectivity index (χ0n) is 12.8. The topological polar surface area (TPSA) is 58.6 Å². The first-order valence-electron chi connectivity index (χ1n) is 7.89. The van der Waals surface area contributed by atoms with Crippen molar-refractivity contribution < 1.29 is 14.3 Å². The van der Waals surface area contributed by atoms with Crippen molar-refractivity contribution in [2.45, 2.75) is 44.6 Å². The lowest BCUT2D eigenvalue weighted by molar-refractivity contribution is -0.142. The van der Waals surface area contributed by atoms with Crippen molar-refractivity contribution >= 4 is 23.6 Å². The lowest BCUT2D eigenvalue weighted by atomic mass is 9.88. The fraction of sp³-hybridized carbons (Fsp3) is 0.867. The van der Waals surface area contributed by atoms with Gasteiger partial charge in [0.05, 0.1) is 5.88 Å². The fourth-order valence-electron chi connectivity index (χ4n) is 3.01. The molecule has 1 saturated carbocycles. The first-order chi connectivity index (χ1) is 10.2. The quantitative estimate of drug-likeness (QED) is 0.757. The van der Waals surface area contributed by atoms with Crippen molar-refractivity contribution in [3.8, 4) is 0 Å². The molecular formula is C15H26N2O3S. The van der Waals surface area contributed by atoms with Crippen LogP contribution in [0.5, 0.6) is 0 Å². The van der Waals surface area contributed by atoms with E-state index in [0.717, 1.165) is 32.1 Å². The molecule has 2 fully saturated rings. The van der Waals surface area contributed by atoms with Crippen LogP contribution < -0.4 is 5.32 Å². The molecule has 0 aromatic carbocycles. The average Bonchev–Trinajstić information content (AvgIpc) is 3.01. The minimum atomic E-state index is -0.285. The van der Waals surface area contributed by atoms with Crippen LogP contribution in [0.3, 0.4) is 0 Å².